The number of nitrogens with zero attached hydrogens (tertiary/aromatic N) is 2. The van der Waals surface area contributed by atoms with Crippen LogP contribution in [0.1, 0.15) is 33.5 Å². The van der Waals surface area contributed by atoms with Crippen molar-refractivity contribution in [3.8, 4) is 16.9 Å². The molecule has 6 atom stereocenters. The standard InChI is InChI=1S/C31H35N3O7/c1-13-7-14(2)9-15(8-13)17-12-20(33(3)4)18-10-16-11-19-24(34(5)6)27(37)23(30(32)40)29(39)31(19,41)28(38)21(16)26(36)22(18)25(17)35/h7-9,12,16,19,21,23-24,35,41H,10-11H2,1-6H3,(H2,32,40). The molecule has 2 aromatic carbocycles. The van der Waals surface area contributed by atoms with E-state index in [9.17, 15) is 34.2 Å². The van der Waals surface area contributed by atoms with Gasteiger partial charge in [0.05, 0.1) is 17.5 Å². The average Bonchev–Trinajstić information content (AvgIpc) is 2.85. The highest BCUT2D eigenvalue weighted by molar-refractivity contribution is 6.32. The molecule has 0 saturated heterocycles. The fraction of sp³-hybridized carbons (Fsp3) is 0.452. The quantitative estimate of drug-likeness (QED) is 0.467. The Labute approximate surface area is 238 Å². The molecular weight excluding hydrogens is 526 g/mol. The van der Waals surface area contributed by atoms with Crippen molar-refractivity contribution in [3.63, 3.8) is 0 Å². The molecule has 0 bridgehead atoms. The number of anilines is 1. The summed E-state index contributed by atoms with van der Waals surface area (Å²) in [6, 6.07) is 6.47. The van der Waals surface area contributed by atoms with E-state index in [2.05, 4.69) is 0 Å². The first-order valence-corrected chi connectivity index (χ1v) is 13.6. The lowest BCUT2D eigenvalue weighted by atomic mass is 9.52. The van der Waals surface area contributed by atoms with Crippen LogP contribution in [0.4, 0.5) is 5.69 Å². The number of carbonyl (C=O) groups is 5. The van der Waals surface area contributed by atoms with Gasteiger partial charge in [0.15, 0.2) is 34.7 Å². The molecule has 2 saturated carbocycles. The van der Waals surface area contributed by atoms with Crippen molar-refractivity contribution < 1.29 is 34.2 Å². The lowest BCUT2D eigenvalue weighted by Crippen LogP contribution is -2.74. The maximum absolute atomic E-state index is 14.2. The number of ketones is 4. The van der Waals surface area contributed by atoms with Crippen molar-refractivity contribution in [2.24, 2.45) is 29.4 Å². The molecule has 0 radical (unpaired) electrons. The smallest absolute Gasteiger partial charge is 0.235 e. The molecule has 0 spiro atoms. The first-order valence-electron chi connectivity index (χ1n) is 13.6. The van der Waals surface area contributed by atoms with E-state index < -0.39 is 64.4 Å². The van der Waals surface area contributed by atoms with Gasteiger partial charge < -0.3 is 20.8 Å². The second-order valence-electron chi connectivity index (χ2n) is 12.2. The van der Waals surface area contributed by atoms with E-state index in [4.69, 9.17) is 5.73 Å². The number of phenols is 1. The topological polar surface area (TPSA) is 158 Å². The van der Waals surface area contributed by atoms with Crippen molar-refractivity contribution in [2.45, 2.75) is 38.3 Å². The van der Waals surface area contributed by atoms with E-state index in [0.29, 0.717) is 22.4 Å². The lowest BCUT2D eigenvalue weighted by Gasteiger charge is -2.52. The molecule has 5 rings (SSSR count). The van der Waals surface area contributed by atoms with Crippen LogP contribution in [0.15, 0.2) is 24.3 Å². The van der Waals surface area contributed by atoms with Gasteiger partial charge in [-0.1, -0.05) is 29.3 Å². The zero-order valence-corrected chi connectivity index (χ0v) is 24.0. The number of primary amides is 1. The summed E-state index contributed by atoms with van der Waals surface area (Å²) in [7, 11) is 6.77. The maximum atomic E-state index is 14.2. The number of carbonyl (C=O) groups excluding carboxylic acids is 5. The second-order valence-corrected chi connectivity index (χ2v) is 12.2. The monoisotopic (exact) mass is 561 g/mol. The molecule has 41 heavy (non-hydrogen) atoms. The predicted molar refractivity (Wildman–Crippen MR) is 151 cm³/mol. The Morgan fingerprint density at radius 3 is 2.12 bits per heavy atom. The van der Waals surface area contributed by atoms with Crippen LogP contribution in [0.2, 0.25) is 0 Å². The van der Waals surface area contributed by atoms with Gasteiger partial charge in [-0.25, -0.2) is 0 Å². The van der Waals surface area contributed by atoms with E-state index >= 15 is 0 Å². The number of amides is 1. The summed E-state index contributed by atoms with van der Waals surface area (Å²) in [5.41, 5.74) is 6.95. The molecule has 216 valence electrons. The van der Waals surface area contributed by atoms with Gasteiger partial charge in [0.2, 0.25) is 5.91 Å². The minimum absolute atomic E-state index is 0.0103. The molecular formula is C31H35N3O7. The van der Waals surface area contributed by atoms with Gasteiger partial charge in [-0.05, 0) is 63.9 Å². The minimum Gasteiger partial charge on any atom is -0.507 e. The largest absolute Gasteiger partial charge is 0.507 e. The van der Waals surface area contributed by atoms with Crippen LogP contribution in [0.3, 0.4) is 0 Å². The molecule has 1 amide bonds. The molecule has 2 fully saturated rings. The fourth-order valence-electron chi connectivity index (χ4n) is 7.40. The van der Waals surface area contributed by atoms with Crippen LogP contribution in [-0.4, -0.2) is 84.0 Å². The molecule has 10 heteroatoms. The van der Waals surface area contributed by atoms with Crippen molar-refractivity contribution in [2.75, 3.05) is 33.1 Å². The zero-order chi connectivity index (χ0) is 30.3. The van der Waals surface area contributed by atoms with Crippen molar-refractivity contribution >= 4 is 34.7 Å². The normalized spacial score (nSPS) is 29.2. The number of aromatic hydroxyl groups is 1. The second kappa shape index (κ2) is 9.60. The van der Waals surface area contributed by atoms with Crippen molar-refractivity contribution in [1.29, 1.82) is 0 Å². The summed E-state index contributed by atoms with van der Waals surface area (Å²) in [6.07, 6.45) is 0.219. The first kappa shape index (κ1) is 28.6. The van der Waals surface area contributed by atoms with Crippen LogP contribution >= 0.6 is 0 Å². The van der Waals surface area contributed by atoms with Gasteiger partial charge in [-0.2, -0.15) is 0 Å². The van der Waals surface area contributed by atoms with Crippen LogP contribution < -0.4 is 10.6 Å². The summed E-state index contributed by atoms with van der Waals surface area (Å²) in [5, 5.41) is 23.3. The zero-order valence-electron chi connectivity index (χ0n) is 24.0. The Morgan fingerprint density at radius 2 is 1.59 bits per heavy atom. The number of hydrogen-bond acceptors (Lipinski definition) is 9. The van der Waals surface area contributed by atoms with Crippen molar-refractivity contribution in [3.05, 3.63) is 46.5 Å². The molecule has 4 N–H and O–H groups in total. The SMILES string of the molecule is Cc1cc(C)cc(-c2cc(N(C)C)c3c(c2O)C(=O)C2C(=O)C4(O)C(=O)C(C(N)=O)C(=O)C(N(C)C)C4CC2C3)c1. The van der Waals surface area contributed by atoms with E-state index in [1.54, 1.807) is 14.1 Å². The number of hydrogen-bond donors (Lipinski definition) is 3. The number of likely N-dealkylation sites (N-methyl/N-ethyl adjacent to an activating group) is 1. The highest BCUT2D eigenvalue weighted by atomic mass is 16.3. The molecule has 0 aliphatic heterocycles. The Morgan fingerprint density at radius 1 is 0.976 bits per heavy atom. The van der Waals surface area contributed by atoms with Crippen LogP contribution in [0, 0.1) is 37.5 Å². The van der Waals surface area contributed by atoms with Crippen LogP contribution in [0.5, 0.6) is 5.75 Å². The number of aryl methyl sites for hydroxylation is 2. The van der Waals surface area contributed by atoms with Gasteiger partial charge in [-0.15, -0.1) is 0 Å². The Balaban J connectivity index is 1.70. The number of benzene rings is 2. The average molecular weight is 562 g/mol. The van der Waals surface area contributed by atoms with E-state index in [0.717, 1.165) is 11.1 Å². The van der Waals surface area contributed by atoms with Gasteiger partial charge in [0, 0.05) is 31.3 Å². The number of nitrogens with two attached hydrogens (primary N) is 1. The number of phenolic OH excluding ortho intramolecular Hbond substituents is 1. The molecule has 3 aliphatic carbocycles. The van der Waals surface area contributed by atoms with Gasteiger partial charge >= 0.3 is 0 Å². The molecule has 3 aliphatic rings. The minimum atomic E-state index is -2.75. The molecule has 6 unspecified atom stereocenters. The first-order chi connectivity index (χ1) is 19.1. The molecule has 0 aromatic heterocycles. The Hall–Kier alpha value is -3.89. The highest BCUT2D eigenvalue weighted by Crippen LogP contribution is 2.53. The van der Waals surface area contributed by atoms with E-state index in [1.165, 1.54) is 4.90 Å². The van der Waals surface area contributed by atoms with Crippen LogP contribution in [0.25, 0.3) is 11.1 Å². The third-order valence-corrected chi connectivity index (χ3v) is 9.05. The van der Waals surface area contributed by atoms with Crippen LogP contribution in [-0.2, 0) is 25.6 Å². The van der Waals surface area contributed by atoms with Crippen molar-refractivity contribution in [1.82, 2.24) is 4.90 Å². The number of aliphatic hydroxyl groups is 1. The summed E-state index contributed by atoms with van der Waals surface area (Å²) < 4.78 is 0. The van der Waals surface area contributed by atoms with E-state index in [1.807, 2.05) is 57.1 Å². The molecule has 10 nitrogen and oxygen atoms in total. The number of rotatable bonds is 4. The number of fused-ring (bicyclic) bond motifs is 3. The fourth-order valence-corrected chi connectivity index (χ4v) is 7.40. The molecule has 0 heterocycles. The van der Waals surface area contributed by atoms with Gasteiger partial charge in [0.25, 0.3) is 0 Å². The summed E-state index contributed by atoms with van der Waals surface area (Å²) >= 11 is 0. The van der Waals surface area contributed by atoms with E-state index in [-0.39, 0.29) is 24.2 Å². The summed E-state index contributed by atoms with van der Waals surface area (Å²) in [5.74, 6) is -10.5. The summed E-state index contributed by atoms with van der Waals surface area (Å²) in [4.78, 5) is 70.5. The number of Topliss-reactive ketones (excluding diaryl/α,β-unsaturated/α-hetero) is 4. The third-order valence-electron chi connectivity index (χ3n) is 9.05. The van der Waals surface area contributed by atoms with Gasteiger partial charge in [-0.3, -0.25) is 28.9 Å². The van der Waals surface area contributed by atoms with Gasteiger partial charge in [0.1, 0.15) is 5.75 Å². The molecule has 2 aromatic rings. The predicted octanol–water partition coefficient (Wildman–Crippen LogP) is 1.22. The Kier molecular flexibility index (Phi) is 6.70. The highest BCUT2D eigenvalue weighted by Gasteiger charge is 2.69. The maximum Gasteiger partial charge on any atom is 0.235 e. The lowest BCUT2D eigenvalue weighted by molar-refractivity contribution is -0.181. The summed E-state index contributed by atoms with van der Waals surface area (Å²) in [6.45, 7) is 3.86. The third kappa shape index (κ3) is 4.03. The Bertz CT molecular complexity index is 1520.